The molecular weight excluding hydrogens is 370 g/mol. The van der Waals surface area contributed by atoms with Gasteiger partial charge in [0, 0.05) is 16.0 Å². The Bertz CT molecular complexity index is 746. The van der Waals surface area contributed by atoms with Crippen molar-refractivity contribution in [3.8, 4) is 0 Å². The van der Waals surface area contributed by atoms with Gasteiger partial charge in [0.2, 0.25) is 0 Å². The molecule has 7 nitrogen and oxygen atoms in total. The molecule has 2 aromatic rings. The Hall–Kier alpha value is -1.52. The van der Waals surface area contributed by atoms with E-state index in [1.165, 1.54) is 23.2 Å². The third-order valence-electron chi connectivity index (χ3n) is 2.33. The first-order chi connectivity index (χ1) is 9.34. The molecule has 0 saturated heterocycles. The molecule has 0 saturated carbocycles. The molecule has 2 aromatic heterocycles. The van der Waals surface area contributed by atoms with Crippen molar-refractivity contribution in [2.24, 2.45) is 0 Å². The average molecular weight is 378 g/mol. The van der Waals surface area contributed by atoms with Crippen LogP contribution in [0.25, 0.3) is 0 Å². The molecule has 0 atom stereocenters. The number of rotatable bonds is 3. The van der Waals surface area contributed by atoms with Crippen LogP contribution in [0.2, 0.25) is 0 Å². The monoisotopic (exact) mass is 377 g/mol. The molecular formula is C10H8BrN3O4S2. The molecule has 0 unspecified atom stereocenters. The largest absolute Gasteiger partial charge is 0.464 e. The number of aryl methyl sites for hydroxylation is 1. The van der Waals surface area contributed by atoms with Gasteiger partial charge in [0.25, 0.3) is 10.0 Å². The van der Waals surface area contributed by atoms with Crippen molar-refractivity contribution >= 4 is 49.2 Å². The van der Waals surface area contributed by atoms with Crippen molar-refractivity contribution in [3.05, 3.63) is 33.2 Å². The Balaban J connectivity index is 2.57. The molecule has 1 N–H and O–H groups in total. The van der Waals surface area contributed by atoms with E-state index in [9.17, 15) is 13.2 Å². The summed E-state index contributed by atoms with van der Waals surface area (Å²) in [4.78, 5) is 18.7. The molecule has 2 rings (SSSR count). The molecule has 0 aromatic carbocycles. The summed E-state index contributed by atoms with van der Waals surface area (Å²) >= 11 is 4.30. The maximum absolute atomic E-state index is 12.4. The van der Waals surface area contributed by atoms with Crippen LogP contribution in [0.15, 0.2) is 32.7 Å². The van der Waals surface area contributed by atoms with E-state index in [0.717, 1.165) is 11.3 Å². The van der Waals surface area contributed by atoms with Crippen LogP contribution < -0.4 is 4.31 Å². The second kappa shape index (κ2) is 5.46. The smallest absolute Gasteiger partial charge is 0.427 e. The zero-order valence-electron chi connectivity index (χ0n) is 10.0. The summed E-state index contributed by atoms with van der Waals surface area (Å²) in [5, 5.41) is 10.1. The fourth-order valence-electron chi connectivity index (χ4n) is 1.38. The quantitative estimate of drug-likeness (QED) is 0.881. The Kier molecular flexibility index (Phi) is 4.06. The lowest BCUT2D eigenvalue weighted by Crippen LogP contribution is -2.36. The number of carboxylic acid groups (broad SMARTS) is 1. The van der Waals surface area contributed by atoms with Gasteiger partial charge >= 0.3 is 6.09 Å². The summed E-state index contributed by atoms with van der Waals surface area (Å²) in [5.74, 6) is -0.176. The molecule has 0 aliphatic rings. The Morgan fingerprint density at radius 3 is 2.65 bits per heavy atom. The van der Waals surface area contributed by atoms with Gasteiger partial charge in [-0.25, -0.2) is 14.8 Å². The lowest BCUT2D eigenvalue weighted by atomic mass is 10.3. The molecule has 0 aliphatic carbocycles. The van der Waals surface area contributed by atoms with Crippen LogP contribution in [0.4, 0.5) is 10.6 Å². The number of halogens is 1. The lowest BCUT2D eigenvalue weighted by Gasteiger charge is -2.16. The highest BCUT2D eigenvalue weighted by Gasteiger charge is 2.33. The third kappa shape index (κ3) is 2.67. The molecule has 0 bridgehead atoms. The number of hydrogen-bond acceptors (Lipinski definition) is 6. The Morgan fingerprint density at radius 2 is 2.15 bits per heavy atom. The minimum absolute atomic E-state index is 0.176. The van der Waals surface area contributed by atoms with E-state index in [1.54, 1.807) is 6.92 Å². The molecule has 2 heterocycles. The van der Waals surface area contributed by atoms with E-state index in [2.05, 4.69) is 25.9 Å². The molecule has 0 aliphatic heterocycles. The Morgan fingerprint density at radius 1 is 1.45 bits per heavy atom. The van der Waals surface area contributed by atoms with Gasteiger partial charge in [-0.2, -0.15) is 8.42 Å². The summed E-state index contributed by atoms with van der Waals surface area (Å²) in [6.45, 7) is 1.68. The van der Waals surface area contributed by atoms with Gasteiger partial charge in [-0.1, -0.05) is 0 Å². The fraction of sp³-hybridized carbons (Fsp3) is 0.100. The van der Waals surface area contributed by atoms with E-state index in [4.69, 9.17) is 5.11 Å². The third-order valence-corrected chi connectivity index (χ3v) is 5.31. The Labute approximate surface area is 127 Å². The van der Waals surface area contributed by atoms with Gasteiger partial charge in [-0.05, 0) is 34.5 Å². The first kappa shape index (κ1) is 14.9. The number of aromatic nitrogens is 2. The summed E-state index contributed by atoms with van der Waals surface area (Å²) in [7, 11) is -4.32. The average Bonchev–Trinajstić information content (AvgIpc) is 2.85. The predicted molar refractivity (Wildman–Crippen MR) is 76.5 cm³/mol. The summed E-state index contributed by atoms with van der Waals surface area (Å²) in [6, 6.07) is 1.29. The zero-order chi connectivity index (χ0) is 14.9. The van der Waals surface area contributed by atoms with E-state index >= 15 is 0 Å². The molecule has 1 amide bonds. The van der Waals surface area contributed by atoms with Crippen LogP contribution in [-0.2, 0) is 10.0 Å². The fourth-order valence-corrected chi connectivity index (χ4v) is 3.43. The number of amides is 1. The summed E-state index contributed by atoms with van der Waals surface area (Å²) in [6.07, 6.45) is -0.332. The second-order valence-corrected chi connectivity index (χ2v) is 6.98. The van der Waals surface area contributed by atoms with Gasteiger partial charge in [-0.3, -0.25) is 0 Å². The molecule has 10 heteroatoms. The number of nitrogens with zero attached hydrogens (tertiary/aromatic N) is 3. The molecule has 0 spiro atoms. The molecule has 106 valence electrons. The van der Waals surface area contributed by atoms with Gasteiger partial charge in [0.1, 0.15) is 0 Å². The topological polar surface area (TPSA) is 100 Å². The van der Waals surface area contributed by atoms with E-state index in [1.807, 2.05) is 0 Å². The van der Waals surface area contributed by atoms with Crippen LogP contribution >= 0.6 is 27.3 Å². The highest BCUT2D eigenvalue weighted by molar-refractivity contribution is 9.10. The SMILES string of the molecule is Cc1cc(S(=O)(=O)N(C(=O)O)c2cscn2)ncc1Br. The highest BCUT2D eigenvalue weighted by atomic mass is 79.9. The highest BCUT2D eigenvalue weighted by Crippen LogP contribution is 2.24. The van der Waals surface area contributed by atoms with E-state index in [-0.39, 0.29) is 15.1 Å². The van der Waals surface area contributed by atoms with Crippen LogP contribution in [0.5, 0.6) is 0 Å². The number of pyridine rings is 1. The minimum atomic E-state index is -4.32. The molecule has 0 radical (unpaired) electrons. The number of anilines is 1. The predicted octanol–water partition coefficient (Wildman–Crippen LogP) is 2.48. The van der Waals surface area contributed by atoms with Crippen molar-refractivity contribution in [2.75, 3.05) is 4.31 Å². The van der Waals surface area contributed by atoms with Crippen molar-refractivity contribution in [1.29, 1.82) is 0 Å². The van der Waals surface area contributed by atoms with Crippen molar-refractivity contribution in [1.82, 2.24) is 9.97 Å². The van der Waals surface area contributed by atoms with Gasteiger partial charge in [-0.15, -0.1) is 15.6 Å². The maximum Gasteiger partial charge on any atom is 0.427 e. The van der Waals surface area contributed by atoms with Crippen molar-refractivity contribution in [3.63, 3.8) is 0 Å². The minimum Gasteiger partial charge on any atom is -0.464 e. The zero-order valence-corrected chi connectivity index (χ0v) is 13.2. The molecule has 0 fully saturated rings. The standard InChI is InChI=1S/C10H8BrN3O4S2/c1-6-2-9(12-3-7(6)11)20(17,18)14(10(15)16)8-4-19-5-13-8/h2-5H,1H3,(H,15,16). The van der Waals surface area contributed by atoms with E-state index in [0.29, 0.717) is 10.0 Å². The van der Waals surface area contributed by atoms with Crippen LogP contribution in [0.1, 0.15) is 5.56 Å². The van der Waals surface area contributed by atoms with E-state index < -0.39 is 16.1 Å². The summed E-state index contributed by atoms with van der Waals surface area (Å²) in [5.41, 5.74) is 1.98. The first-order valence-corrected chi connectivity index (χ1v) is 8.30. The maximum atomic E-state index is 12.4. The molecule has 20 heavy (non-hydrogen) atoms. The van der Waals surface area contributed by atoms with Gasteiger partial charge in [0.05, 0.1) is 5.51 Å². The number of carbonyl (C=O) groups is 1. The van der Waals surface area contributed by atoms with Crippen molar-refractivity contribution < 1.29 is 18.3 Å². The summed E-state index contributed by atoms with van der Waals surface area (Å²) < 4.78 is 25.6. The normalized spacial score (nSPS) is 11.3. The lowest BCUT2D eigenvalue weighted by molar-refractivity contribution is 0.206. The first-order valence-electron chi connectivity index (χ1n) is 5.12. The number of sulfonamides is 1. The number of hydrogen-bond donors (Lipinski definition) is 1. The number of thiazole rings is 1. The van der Waals surface area contributed by atoms with Crippen LogP contribution in [0, 0.1) is 6.92 Å². The van der Waals surface area contributed by atoms with Gasteiger partial charge < -0.3 is 5.11 Å². The van der Waals surface area contributed by atoms with Crippen molar-refractivity contribution in [2.45, 2.75) is 11.9 Å². The second-order valence-electron chi connectivity index (χ2n) is 3.67. The van der Waals surface area contributed by atoms with Gasteiger partial charge in [0.15, 0.2) is 10.8 Å². The van der Waals surface area contributed by atoms with Crippen LogP contribution in [0.3, 0.4) is 0 Å². The van der Waals surface area contributed by atoms with Crippen LogP contribution in [-0.4, -0.2) is 29.6 Å².